The van der Waals surface area contributed by atoms with Crippen molar-refractivity contribution in [3.63, 3.8) is 0 Å². The van der Waals surface area contributed by atoms with Gasteiger partial charge in [-0.2, -0.15) is 0 Å². The first-order valence-corrected chi connectivity index (χ1v) is 6.82. The molecule has 2 aromatic carbocycles. The van der Waals surface area contributed by atoms with Gasteiger partial charge in [0, 0.05) is 23.6 Å². The molecular weight excluding hydrogens is 248 g/mol. The Morgan fingerprint density at radius 2 is 1.40 bits per heavy atom. The molecule has 3 rings (SSSR count). The molecule has 100 valence electrons. The minimum absolute atomic E-state index is 0.00764. The zero-order chi connectivity index (χ0) is 14.0. The molecule has 0 bridgehead atoms. The molecule has 0 spiro atoms. The van der Waals surface area contributed by atoms with E-state index in [1.54, 1.807) is 6.08 Å². The van der Waals surface area contributed by atoms with E-state index >= 15 is 0 Å². The third kappa shape index (κ3) is 1.85. The van der Waals surface area contributed by atoms with Gasteiger partial charge in [0.1, 0.15) is 5.76 Å². The van der Waals surface area contributed by atoms with Crippen LogP contribution >= 0.6 is 0 Å². The monoisotopic (exact) mass is 264 g/mol. The van der Waals surface area contributed by atoms with Crippen LogP contribution in [0.15, 0.2) is 72.5 Å². The molecule has 2 aromatic rings. The second-order valence-electron chi connectivity index (χ2n) is 4.84. The molecule has 2 nitrogen and oxygen atoms in total. The van der Waals surface area contributed by atoms with Crippen molar-refractivity contribution >= 4 is 5.78 Å². The highest BCUT2D eigenvalue weighted by molar-refractivity contribution is 6.02. The molecule has 0 radical (unpaired) electrons. The molecule has 0 aliphatic carbocycles. The molecule has 2 heteroatoms. The van der Waals surface area contributed by atoms with E-state index in [-0.39, 0.29) is 5.78 Å². The molecule has 1 aliphatic rings. The second kappa shape index (κ2) is 4.97. The average molecular weight is 264 g/mol. The Labute approximate surface area is 118 Å². The first kappa shape index (κ1) is 12.7. The Bertz CT molecular complexity index is 602. The topological polar surface area (TPSA) is 26.3 Å². The Hall–Kier alpha value is -2.35. The first-order valence-electron chi connectivity index (χ1n) is 6.82. The third-order valence-corrected chi connectivity index (χ3v) is 3.63. The molecular formula is C18H16O2. The molecule has 0 fully saturated rings. The van der Waals surface area contributed by atoms with Crippen LogP contribution in [0.2, 0.25) is 0 Å². The largest absolute Gasteiger partial charge is 0.474 e. The Morgan fingerprint density at radius 1 is 0.900 bits per heavy atom. The second-order valence-corrected chi connectivity index (χ2v) is 4.84. The van der Waals surface area contributed by atoms with Crippen LogP contribution in [0.3, 0.4) is 0 Å². The standard InChI is InChI=1S/C18H16O2/c1-2-16-13-17(19)18(20-16,14-9-5-3-6-10-14)15-11-7-4-8-12-15/h3-13H,2H2,1H3. The summed E-state index contributed by atoms with van der Waals surface area (Å²) in [5.74, 6) is 0.731. The maximum absolute atomic E-state index is 12.7. The van der Waals surface area contributed by atoms with E-state index in [0.29, 0.717) is 6.42 Å². The normalized spacial score (nSPS) is 16.6. The molecule has 0 saturated heterocycles. The van der Waals surface area contributed by atoms with Crippen LogP contribution in [0, 0.1) is 0 Å². The first-order chi connectivity index (χ1) is 9.77. The fourth-order valence-corrected chi connectivity index (χ4v) is 2.61. The summed E-state index contributed by atoms with van der Waals surface area (Å²) < 4.78 is 6.09. The molecule has 0 unspecified atom stereocenters. The summed E-state index contributed by atoms with van der Waals surface area (Å²) in [7, 11) is 0. The number of carbonyl (C=O) groups excluding carboxylic acids is 1. The summed E-state index contributed by atoms with van der Waals surface area (Å²) in [6, 6.07) is 19.4. The number of carbonyl (C=O) groups is 1. The van der Waals surface area contributed by atoms with Crippen LogP contribution in [-0.4, -0.2) is 5.78 Å². The maximum atomic E-state index is 12.7. The van der Waals surface area contributed by atoms with Gasteiger partial charge < -0.3 is 4.74 Å². The smallest absolute Gasteiger partial charge is 0.220 e. The number of allylic oxidation sites excluding steroid dienone is 1. The molecule has 1 aliphatic heterocycles. The van der Waals surface area contributed by atoms with E-state index in [1.807, 2.05) is 67.6 Å². The van der Waals surface area contributed by atoms with Gasteiger partial charge in [0.25, 0.3) is 0 Å². The number of hydrogen-bond acceptors (Lipinski definition) is 2. The minimum Gasteiger partial charge on any atom is -0.474 e. The quantitative estimate of drug-likeness (QED) is 0.842. The van der Waals surface area contributed by atoms with E-state index in [9.17, 15) is 4.79 Å². The van der Waals surface area contributed by atoms with Gasteiger partial charge in [0.2, 0.25) is 11.4 Å². The van der Waals surface area contributed by atoms with Crippen molar-refractivity contribution < 1.29 is 9.53 Å². The molecule has 0 saturated carbocycles. The number of benzene rings is 2. The van der Waals surface area contributed by atoms with Crippen LogP contribution in [0.4, 0.5) is 0 Å². The summed E-state index contributed by atoms with van der Waals surface area (Å²) in [4.78, 5) is 12.7. The van der Waals surface area contributed by atoms with Gasteiger partial charge >= 0.3 is 0 Å². The maximum Gasteiger partial charge on any atom is 0.220 e. The molecule has 0 aromatic heterocycles. The number of ether oxygens (including phenoxy) is 1. The van der Waals surface area contributed by atoms with Crippen molar-refractivity contribution in [3.05, 3.63) is 83.6 Å². The van der Waals surface area contributed by atoms with E-state index in [2.05, 4.69) is 0 Å². The Balaban J connectivity index is 2.18. The average Bonchev–Trinajstić information content (AvgIpc) is 2.87. The zero-order valence-corrected chi connectivity index (χ0v) is 11.4. The zero-order valence-electron chi connectivity index (χ0n) is 11.4. The molecule has 1 heterocycles. The van der Waals surface area contributed by atoms with Crippen molar-refractivity contribution in [1.82, 2.24) is 0 Å². The van der Waals surface area contributed by atoms with Gasteiger partial charge in [-0.1, -0.05) is 67.6 Å². The van der Waals surface area contributed by atoms with Crippen molar-refractivity contribution in [2.24, 2.45) is 0 Å². The number of hydrogen-bond donors (Lipinski definition) is 0. The van der Waals surface area contributed by atoms with Crippen molar-refractivity contribution in [3.8, 4) is 0 Å². The number of rotatable bonds is 3. The molecule has 0 N–H and O–H groups in total. The van der Waals surface area contributed by atoms with Gasteiger partial charge in [-0.3, -0.25) is 4.79 Å². The molecule has 20 heavy (non-hydrogen) atoms. The lowest BCUT2D eigenvalue weighted by Crippen LogP contribution is -2.34. The molecule has 0 atom stereocenters. The lowest BCUT2D eigenvalue weighted by Gasteiger charge is -2.29. The summed E-state index contributed by atoms with van der Waals surface area (Å²) in [5, 5.41) is 0. The van der Waals surface area contributed by atoms with Crippen molar-refractivity contribution in [2.75, 3.05) is 0 Å². The van der Waals surface area contributed by atoms with Crippen LogP contribution in [0.25, 0.3) is 0 Å². The van der Waals surface area contributed by atoms with Gasteiger partial charge in [-0.15, -0.1) is 0 Å². The lowest BCUT2D eigenvalue weighted by atomic mass is 9.83. The van der Waals surface area contributed by atoms with Crippen LogP contribution in [0.5, 0.6) is 0 Å². The van der Waals surface area contributed by atoms with E-state index in [4.69, 9.17) is 4.74 Å². The Morgan fingerprint density at radius 3 is 1.80 bits per heavy atom. The highest BCUT2D eigenvalue weighted by Gasteiger charge is 2.47. The van der Waals surface area contributed by atoms with Crippen molar-refractivity contribution in [2.45, 2.75) is 18.9 Å². The summed E-state index contributed by atoms with van der Waals surface area (Å²) in [6.45, 7) is 1.99. The SMILES string of the molecule is CCC1=CC(=O)C(c2ccccc2)(c2ccccc2)O1. The van der Waals surface area contributed by atoms with Crippen LogP contribution < -0.4 is 0 Å². The minimum atomic E-state index is -1.02. The van der Waals surface area contributed by atoms with Gasteiger partial charge in [-0.05, 0) is 0 Å². The van der Waals surface area contributed by atoms with Crippen LogP contribution in [-0.2, 0) is 15.1 Å². The predicted molar refractivity (Wildman–Crippen MR) is 78.1 cm³/mol. The third-order valence-electron chi connectivity index (χ3n) is 3.63. The van der Waals surface area contributed by atoms with E-state index < -0.39 is 5.60 Å². The van der Waals surface area contributed by atoms with E-state index in [1.165, 1.54) is 0 Å². The molecule has 0 amide bonds. The van der Waals surface area contributed by atoms with Crippen LogP contribution in [0.1, 0.15) is 24.5 Å². The predicted octanol–water partition coefficient (Wildman–Crippen LogP) is 3.82. The van der Waals surface area contributed by atoms with Gasteiger partial charge in [0.15, 0.2) is 0 Å². The van der Waals surface area contributed by atoms with Crippen molar-refractivity contribution in [1.29, 1.82) is 0 Å². The highest BCUT2D eigenvalue weighted by Crippen LogP contribution is 2.41. The van der Waals surface area contributed by atoms with Gasteiger partial charge in [-0.25, -0.2) is 0 Å². The number of ketones is 1. The fourth-order valence-electron chi connectivity index (χ4n) is 2.61. The Kier molecular flexibility index (Phi) is 3.15. The summed E-state index contributed by atoms with van der Waals surface area (Å²) >= 11 is 0. The highest BCUT2D eigenvalue weighted by atomic mass is 16.5. The summed E-state index contributed by atoms with van der Waals surface area (Å²) in [5.41, 5.74) is 0.722. The summed E-state index contributed by atoms with van der Waals surface area (Å²) in [6.07, 6.45) is 2.34. The lowest BCUT2D eigenvalue weighted by molar-refractivity contribution is -0.127. The fraction of sp³-hybridized carbons (Fsp3) is 0.167. The van der Waals surface area contributed by atoms with Gasteiger partial charge in [0.05, 0.1) is 0 Å². The van der Waals surface area contributed by atoms with E-state index in [0.717, 1.165) is 16.9 Å².